The van der Waals surface area contributed by atoms with Crippen LogP contribution in [0.2, 0.25) is 0 Å². The highest BCUT2D eigenvalue weighted by molar-refractivity contribution is 9.10. The second-order valence-corrected chi connectivity index (χ2v) is 7.92. The van der Waals surface area contributed by atoms with E-state index in [0.29, 0.717) is 16.3 Å². The zero-order valence-corrected chi connectivity index (χ0v) is 14.1. The van der Waals surface area contributed by atoms with Crippen molar-refractivity contribution in [1.29, 1.82) is 0 Å². The van der Waals surface area contributed by atoms with Crippen LogP contribution in [0.4, 0.5) is 4.39 Å². The highest BCUT2D eigenvalue weighted by Crippen LogP contribution is 2.28. The molecule has 1 atom stereocenters. The van der Waals surface area contributed by atoms with E-state index in [1.807, 2.05) is 0 Å². The minimum atomic E-state index is -3.76. The molecule has 7 heteroatoms. The van der Waals surface area contributed by atoms with E-state index in [0.717, 1.165) is 19.3 Å². The molecule has 106 valence electrons. The molecular weight excluding hydrogens is 401 g/mol. The lowest BCUT2D eigenvalue weighted by Gasteiger charge is -2.33. The zero-order valence-electron chi connectivity index (χ0n) is 10.2. The van der Waals surface area contributed by atoms with E-state index in [1.165, 1.54) is 16.4 Å². The fraction of sp³-hybridized carbons (Fsp3) is 0.500. The van der Waals surface area contributed by atoms with Crippen molar-refractivity contribution in [1.82, 2.24) is 4.31 Å². The molecule has 1 fully saturated rings. The Kier molecular flexibility index (Phi) is 5.03. The van der Waals surface area contributed by atoms with Gasteiger partial charge in [0.25, 0.3) is 0 Å². The predicted molar refractivity (Wildman–Crippen MR) is 79.4 cm³/mol. The maximum absolute atomic E-state index is 13.9. The maximum Gasteiger partial charge on any atom is 0.246 e. The Labute approximate surface area is 129 Å². The van der Waals surface area contributed by atoms with Gasteiger partial charge < -0.3 is 0 Å². The normalized spacial score (nSPS) is 21.5. The average Bonchev–Trinajstić information content (AvgIpc) is 2.38. The minimum absolute atomic E-state index is 0.0956. The van der Waals surface area contributed by atoms with E-state index in [1.54, 1.807) is 6.07 Å². The minimum Gasteiger partial charge on any atom is -0.207 e. The summed E-state index contributed by atoms with van der Waals surface area (Å²) in [5.74, 6) is -0.715. The van der Waals surface area contributed by atoms with Crippen molar-refractivity contribution in [2.75, 3.05) is 11.9 Å². The molecule has 1 aromatic rings. The first-order valence-electron chi connectivity index (χ1n) is 5.99. The second kappa shape index (κ2) is 6.20. The van der Waals surface area contributed by atoms with Gasteiger partial charge in [0.2, 0.25) is 10.0 Å². The standard InChI is InChI=1S/C12H14Br2FNO2S/c13-8-10-3-1-2-6-16(10)19(17,18)12-5-4-9(14)7-11(12)15/h4-5,7,10H,1-3,6,8H2. The third kappa shape index (κ3) is 3.20. The topological polar surface area (TPSA) is 37.4 Å². The van der Waals surface area contributed by atoms with Crippen molar-refractivity contribution in [3.05, 3.63) is 28.5 Å². The molecule has 0 amide bonds. The van der Waals surface area contributed by atoms with Crippen molar-refractivity contribution in [2.24, 2.45) is 0 Å². The van der Waals surface area contributed by atoms with Crippen LogP contribution in [0.5, 0.6) is 0 Å². The van der Waals surface area contributed by atoms with Crippen LogP contribution in [0.15, 0.2) is 27.6 Å². The summed E-state index contributed by atoms with van der Waals surface area (Å²) < 4.78 is 40.9. The Morgan fingerprint density at radius 2 is 2.11 bits per heavy atom. The fourth-order valence-corrected chi connectivity index (χ4v) is 5.19. The number of halogens is 3. The first kappa shape index (κ1) is 15.4. The third-order valence-electron chi connectivity index (χ3n) is 3.23. The molecular formula is C12H14Br2FNO2S. The van der Waals surface area contributed by atoms with Crippen LogP contribution >= 0.6 is 31.9 Å². The lowest BCUT2D eigenvalue weighted by atomic mass is 10.1. The van der Waals surface area contributed by atoms with E-state index < -0.39 is 15.8 Å². The summed E-state index contributed by atoms with van der Waals surface area (Å²) in [5, 5.41) is 0.574. The van der Waals surface area contributed by atoms with Crippen molar-refractivity contribution < 1.29 is 12.8 Å². The molecule has 3 nitrogen and oxygen atoms in total. The fourth-order valence-electron chi connectivity index (χ4n) is 2.26. The average molecular weight is 415 g/mol. The predicted octanol–water partition coefficient (Wildman–Crippen LogP) is 3.53. The molecule has 0 bridgehead atoms. The van der Waals surface area contributed by atoms with Crippen molar-refractivity contribution in [3.8, 4) is 0 Å². The van der Waals surface area contributed by atoms with Gasteiger partial charge in [0.05, 0.1) is 0 Å². The Balaban J connectivity index is 2.40. The van der Waals surface area contributed by atoms with E-state index in [9.17, 15) is 12.8 Å². The number of benzene rings is 1. The molecule has 0 spiro atoms. The number of rotatable bonds is 3. The highest BCUT2D eigenvalue weighted by Gasteiger charge is 2.34. The molecule has 1 aliphatic heterocycles. The lowest BCUT2D eigenvalue weighted by molar-refractivity contribution is 0.272. The summed E-state index contributed by atoms with van der Waals surface area (Å²) in [7, 11) is -3.76. The van der Waals surface area contributed by atoms with Gasteiger partial charge in [0, 0.05) is 22.4 Å². The number of nitrogens with zero attached hydrogens (tertiary/aromatic N) is 1. The monoisotopic (exact) mass is 413 g/mol. The number of piperidine rings is 1. The first-order valence-corrected chi connectivity index (χ1v) is 9.35. The Morgan fingerprint density at radius 1 is 1.37 bits per heavy atom. The first-order chi connectivity index (χ1) is 8.96. The quantitative estimate of drug-likeness (QED) is 0.709. The summed E-state index contributed by atoms with van der Waals surface area (Å²) in [6.45, 7) is 0.452. The van der Waals surface area contributed by atoms with Gasteiger partial charge in [-0.05, 0) is 31.0 Å². The van der Waals surface area contributed by atoms with E-state index in [-0.39, 0.29) is 10.9 Å². The van der Waals surface area contributed by atoms with Crippen LogP contribution in [0.3, 0.4) is 0 Å². The number of sulfonamides is 1. The molecule has 0 aromatic heterocycles. The third-order valence-corrected chi connectivity index (χ3v) is 6.46. The van der Waals surface area contributed by atoms with Crippen LogP contribution in [0.25, 0.3) is 0 Å². The molecule has 1 saturated heterocycles. The summed E-state index contributed by atoms with van der Waals surface area (Å²) in [4.78, 5) is -0.247. The van der Waals surface area contributed by atoms with Crippen LogP contribution < -0.4 is 0 Å². The Bertz CT molecular complexity index is 565. The summed E-state index contributed by atoms with van der Waals surface area (Å²) in [6, 6.07) is 3.94. The van der Waals surface area contributed by atoms with Crippen molar-refractivity contribution in [3.63, 3.8) is 0 Å². The zero-order chi connectivity index (χ0) is 14.0. The van der Waals surface area contributed by atoms with Crippen molar-refractivity contribution >= 4 is 41.9 Å². The van der Waals surface area contributed by atoms with Crippen LogP contribution in [-0.4, -0.2) is 30.6 Å². The molecule has 0 aliphatic carbocycles. The SMILES string of the molecule is O=S(=O)(c1ccc(Br)cc1F)N1CCCCC1CBr. The number of hydrogen-bond acceptors (Lipinski definition) is 2. The Morgan fingerprint density at radius 3 is 2.74 bits per heavy atom. The van der Waals surface area contributed by atoms with Gasteiger partial charge in [-0.15, -0.1) is 0 Å². The molecule has 1 unspecified atom stereocenters. The van der Waals surface area contributed by atoms with Gasteiger partial charge in [-0.1, -0.05) is 38.3 Å². The number of alkyl halides is 1. The maximum atomic E-state index is 13.9. The number of hydrogen-bond donors (Lipinski definition) is 0. The summed E-state index contributed by atoms with van der Waals surface area (Å²) in [6.07, 6.45) is 2.63. The van der Waals surface area contributed by atoms with Gasteiger partial charge in [-0.25, -0.2) is 12.8 Å². The van der Waals surface area contributed by atoms with Crippen LogP contribution in [0, 0.1) is 5.82 Å². The van der Waals surface area contributed by atoms with E-state index in [4.69, 9.17) is 0 Å². The van der Waals surface area contributed by atoms with Gasteiger partial charge in [0.1, 0.15) is 10.7 Å². The van der Waals surface area contributed by atoms with Crippen molar-refractivity contribution in [2.45, 2.75) is 30.2 Å². The molecule has 1 aromatic carbocycles. The van der Waals surface area contributed by atoms with Gasteiger partial charge in [0.15, 0.2) is 0 Å². The van der Waals surface area contributed by atoms with E-state index >= 15 is 0 Å². The summed E-state index contributed by atoms with van der Waals surface area (Å²) in [5.41, 5.74) is 0. The molecule has 19 heavy (non-hydrogen) atoms. The molecule has 0 N–H and O–H groups in total. The molecule has 1 aliphatic rings. The van der Waals surface area contributed by atoms with E-state index in [2.05, 4.69) is 31.9 Å². The molecule has 0 saturated carbocycles. The van der Waals surface area contributed by atoms with Gasteiger partial charge in [-0.3, -0.25) is 0 Å². The van der Waals surface area contributed by atoms with Gasteiger partial charge >= 0.3 is 0 Å². The molecule has 1 heterocycles. The van der Waals surface area contributed by atoms with Crippen LogP contribution in [0.1, 0.15) is 19.3 Å². The smallest absolute Gasteiger partial charge is 0.207 e. The van der Waals surface area contributed by atoms with Crippen LogP contribution in [-0.2, 0) is 10.0 Å². The molecule has 2 rings (SSSR count). The lowest BCUT2D eigenvalue weighted by Crippen LogP contribution is -2.44. The van der Waals surface area contributed by atoms with Gasteiger partial charge in [-0.2, -0.15) is 4.31 Å². The molecule has 0 radical (unpaired) electrons. The summed E-state index contributed by atoms with van der Waals surface area (Å²) >= 11 is 6.47. The Hall–Kier alpha value is 0.0200. The second-order valence-electron chi connectivity index (χ2n) is 4.49. The largest absolute Gasteiger partial charge is 0.246 e. The highest BCUT2D eigenvalue weighted by atomic mass is 79.9.